The van der Waals surface area contributed by atoms with Crippen molar-refractivity contribution in [1.29, 1.82) is 0 Å². The number of halogens is 3. The molecule has 1 aliphatic carbocycles. The molecule has 0 amide bonds. The minimum atomic E-state index is -4.67. The molecule has 1 aliphatic rings. The van der Waals surface area contributed by atoms with Gasteiger partial charge in [-0.05, 0) is 17.7 Å². The summed E-state index contributed by atoms with van der Waals surface area (Å²) in [6.45, 7) is 0. The van der Waals surface area contributed by atoms with Crippen molar-refractivity contribution in [2.45, 2.75) is 17.5 Å². The number of allylic oxidation sites excluding steroid dienone is 4. The predicted octanol–water partition coefficient (Wildman–Crippen LogP) is 4.69. The number of nitrogens with zero attached hydrogens (tertiary/aromatic N) is 1. The molecule has 0 N–H and O–H groups in total. The van der Waals surface area contributed by atoms with Crippen molar-refractivity contribution in [3.05, 3.63) is 72.5 Å². The van der Waals surface area contributed by atoms with E-state index < -0.39 is 12.5 Å². The maximum Gasteiger partial charge on any atom is 0.523 e. The molecule has 1 aromatic rings. The Hall–Kier alpha value is -1.79. The van der Waals surface area contributed by atoms with Crippen LogP contribution in [-0.4, -0.2) is 23.2 Å². The van der Waals surface area contributed by atoms with Crippen LogP contribution in [0.5, 0.6) is 0 Å². The van der Waals surface area contributed by atoms with E-state index in [4.69, 9.17) is 0 Å². The van der Waals surface area contributed by atoms with Crippen LogP contribution >= 0.6 is 11.8 Å². The summed E-state index contributed by atoms with van der Waals surface area (Å²) in [5.41, 5.74) is 0.448. The van der Waals surface area contributed by atoms with Gasteiger partial charge >= 0.3 is 6.36 Å². The quantitative estimate of drug-likeness (QED) is 0.733. The second kappa shape index (κ2) is 8.00. The number of rotatable bonds is 5. The largest absolute Gasteiger partial charge is 0.523 e. The predicted molar refractivity (Wildman–Crippen MR) is 81.4 cm³/mol. The van der Waals surface area contributed by atoms with E-state index in [2.05, 4.69) is 9.72 Å². The van der Waals surface area contributed by atoms with E-state index in [0.717, 1.165) is 5.03 Å². The Balaban J connectivity index is 1.95. The van der Waals surface area contributed by atoms with Crippen LogP contribution in [0.3, 0.4) is 0 Å². The van der Waals surface area contributed by atoms with Crippen molar-refractivity contribution in [3.8, 4) is 0 Å². The van der Waals surface area contributed by atoms with Gasteiger partial charge in [0.1, 0.15) is 6.10 Å². The number of ether oxygens (including phenoxy) is 1. The topological polar surface area (TPSA) is 22.1 Å². The highest BCUT2D eigenvalue weighted by Gasteiger charge is 2.33. The molecule has 0 radical (unpaired) electrons. The van der Waals surface area contributed by atoms with E-state index in [-0.39, 0.29) is 0 Å². The minimum Gasteiger partial charge on any atom is -0.279 e. The Kier molecular flexibility index (Phi) is 6.03. The Bertz CT molecular complexity index is 591. The third-order valence-electron chi connectivity index (χ3n) is 2.66. The van der Waals surface area contributed by atoms with E-state index in [0.29, 0.717) is 11.3 Å². The lowest BCUT2D eigenvalue weighted by atomic mass is 10.1. The zero-order valence-corrected chi connectivity index (χ0v) is 12.3. The van der Waals surface area contributed by atoms with E-state index in [1.807, 2.05) is 18.2 Å². The Morgan fingerprint density at radius 3 is 2.82 bits per heavy atom. The third-order valence-corrected chi connectivity index (χ3v) is 3.56. The van der Waals surface area contributed by atoms with Gasteiger partial charge in [0.15, 0.2) is 0 Å². The first-order chi connectivity index (χ1) is 10.5. The van der Waals surface area contributed by atoms with Crippen LogP contribution in [0.4, 0.5) is 13.2 Å². The first kappa shape index (κ1) is 16.6. The second-order valence-electron chi connectivity index (χ2n) is 4.30. The first-order valence-corrected chi connectivity index (χ1v) is 7.53. The molecule has 0 aliphatic heterocycles. The van der Waals surface area contributed by atoms with Gasteiger partial charge in [0.2, 0.25) is 0 Å². The molecule has 0 saturated carbocycles. The molecular weight excluding hydrogens is 311 g/mol. The van der Waals surface area contributed by atoms with Gasteiger partial charge in [0.25, 0.3) is 0 Å². The van der Waals surface area contributed by atoms with Gasteiger partial charge in [-0.15, -0.1) is 24.9 Å². The summed E-state index contributed by atoms with van der Waals surface area (Å²) >= 11 is 1.50. The van der Waals surface area contributed by atoms with E-state index in [1.54, 1.807) is 36.6 Å². The van der Waals surface area contributed by atoms with Gasteiger partial charge in [-0.3, -0.25) is 4.74 Å². The molecule has 0 spiro atoms. The molecule has 0 saturated heterocycles. The lowest BCUT2D eigenvalue weighted by Crippen LogP contribution is -2.23. The summed E-state index contributed by atoms with van der Waals surface area (Å²) in [4.78, 5) is 4.16. The molecule has 1 unspecified atom stereocenters. The highest BCUT2D eigenvalue weighted by Crippen LogP contribution is 2.25. The average molecular weight is 325 g/mol. The third kappa shape index (κ3) is 5.91. The lowest BCUT2D eigenvalue weighted by Gasteiger charge is -2.16. The van der Waals surface area contributed by atoms with Crippen molar-refractivity contribution in [2.24, 2.45) is 0 Å². The summed E-state index contributed by atoms with van der Waals surface area (Å²) in [6, 6.07) is 5.59. The van der Waals surface area contributed by atoms with Crippen LogP contribution in [-0.2, 0) is 4.74 Å². The average Bonchev–Trinajstić information content (AvgIpc) is 2.68. The molecule has 1 aromatic heterocycles. The molecule has 6 heteroatoms. The number of hydrogen-bond donors (Lipinski definition) is 0. The van der Waals surface area contributed by atoms with Crippen LogP contribution in [0.2, 0.25) is 0 Å². The molecule has 0 bridgehead atoms. The maximum absolute atomic E-state index is 12.4. The summed E-state index contributed by atoms with van der Waals surface area (Å²) in [5, 5.41) is 0.866. The zero-order valence-electron chi connectivity index (χ0n) is 11.5. The Labute approximate surface area is 131 Å². The fourth-order valence-corrected chi connectivity index (χ4v) is 2.43. The minimum absolute atomic E-state index is 0.448. The van der Waals surface area contributed by atoms with Crippen LogP contribution < -0.4 is 0 Å². The fourth-order valence-electron chi connectivity index (χ4n) is 1.75. The normalized spacial score (nSPS) is 18.5. The number of aromatic nitrogens is 1. The first-order valence-electron chi connectivity index (χ1n) is 6.54. The SMILES string of the molecule is FC(F)(F)OC1C=CC=CC=C1C=CCSc1ccccn1. The molecule has 2 nitrogen and oxygen atoms in total. The number of alkyl halides is 3. The molecule has 0 aromatic carbocycles. The van der Waals surface area contributed by atoms with E-state index in [1.165, 1.54) is 23.9 Å². The zero-order chi connectivity index (χ0) is 15.8. The maximum atomic E-state index is 12.4. The van der Waals surface area contributed by atoms with E-state index >= 15 is 0 Å². The second-order valence-corrected chi connectivity index (χ2v) is 5.34. The van der Waals surface area contributed by atoms with Gasteiger partial charge in [-0.1, -0.05) is 48.6 Å². The molecule has 22 heavy (non-hydrogen) atoms. The Morgan fingerprint density at radius 1 is 1.23 bits per heavy atom. The van der Waals surface area contributed by atoms with Crippen molar-refractivity contribution in [3.63, 3.8) is 0 Å². The fraction of sp³-hybridized carbons (Fsp3) is 0.188. The smallest absolute Gasteiger partial charge is 0.279 e. The van der Waals surface area contributed by atoms with Crippen LogP contribution in [0, 0.1) is 0 Å². The molecule has 1 heterocycles. The van der Waals surface area contributed by atoms with E-state index in [9.17, 15) is 13.2 Å². The van der Waals surface area contributed by atoms with Crippen molar-refractivity contribution < 1.29 is 17.9 Å². The molecule has 1 atom stereocenters. The van der Waals surface area contributed by atoms with Crippen LogP contribution in [0.15, 0.2) is 77.5 Å². The highest BCUT2D eigenvalue weighted by molar-refractivity contribution is 7.99. The van der Waals surface area contributed by atoms with Crippen LogP contribution in [0.25, 0.3) is 0 Å². The standard InChI is InChI=1S/C16H14F3NOS/c17-16(18,19)21-14-9-3-1-2-7-13(14)8-6-12-22-15-10-4-5-11-20-15/h1-11,14H,12H2. The number of hydrogen-bond acceptors (Lipinski definition) is 3. The van der Waals surface area contributed by atoms with Crippen molar-refractivity contribution in [2.75, 3.05) is 5.75 Å². The van der Waals surface area contributed by atoms with Crippen molar-refractivity contribution >= 4 is 11.8 Å². The van der Waals surface area contributed by atoms with Gasteiger partial charge in [-0.25, -0.2) is 4.98 Å². The van der Waals surface area contributed by atoms with Crippen LogP contribution in [0.1, 0.15) is 0 Å². The van der Waals surface area contributed by atoms with Crippen molar-refractivity contribution in [1.82, 2.24) is 4.98 Å². The summed E-state index contributed by atoms with van der Waals surface area (Å²) in [5.74, 6) is 0.612. The Morgan fingerprint density at radius 2 is 2.09 bits per heavy atom. The van der Waals surface area contributed by atoms with Gasteiger partial charge in [0.05, 0.1) is 5.03 Å². The van der Waals surface area contributed by atoms with Gasteiger partial charge in [0, 0.05) is 11.9 Å². The molecule has 0 fully saturated rings. The van der Waals surface area contributed by atoms with Gasteiger partial charge < -0.3 is 0 Å². The number of pyridine rings is 1. The number of thioether (sulfide) groups is 1. The molecule has 116 valence electrons. The summed E-state index contributed by atoms with van der Waals surface area (Å²) in [6.07, 6.45) is 7.20. The monoisotopic (exact) mass is 325 g/mol. The van der Waals surface area contributed by atoms with Gasteiger partial charge in [-0.2, -0.15) is 0 Å². The molecule has 2 rings (SSSR count). The highest BCUT2D eigenvalue weighted by atomic mass is 32.2. The summed E-state index contributed by atoms with van der Waals surface area (Å²) in [7, 11) is 0. The molecular formula is C16H14F3NOS. The lowest BCUT2D eigenvalue weighted by molar-refractivity contribution is -0.331. The summed E-state index contributed by atoms with van der Waals surface area (Å²) < 4.78 is 41.4.